The zero-order valence-corrected chi connectivity index (χ0v) is 19.6. The molecule has 0 radical (unpaired) electrons. The van der Waals surface area contributed by atoms with Crippen molar-refractivity contribution in [2.45, 2.75) is 25.4 Å². The Bertz CT molecular complexity index is 1310. The van der Waals surface area contributed by atoms with Gasteiger partial charge in [0, 0.05) is 29.7 Å². The second-order valence-electron chi connectivity index (χ2n) is 8.19. The summed E-state index contributed by atoms with van der Waals surface area (Å²) in [6.45, 7) is 2.28. The molecule has 1 atom stereocenters. The number of halogens is 2. The van der Waals surface area contributed by atoms with Gasteiger partial charge in [-0.1, -0.05) is 16.8 Å². The second kappa shape index (κ2) is 9.17. The summed E-state index contributed by atoms with van der Waals surface area (Å²) in [4.78, 5) is 6.87. The van der Waals surface area contributed by atoms with Gasteiger partial charge < -0.3 is 9.09 Å². The molecule has 33 heavy (non-hydrogen) atoms. The molecule has 1 aliphatic rings. The van der Waals surface area contributed by atoms with E-state index in [0.717, 1.165) is 42.9 Å². The lowest BCUT2D eigenvalue weighted by Crippen LogP contribution is -2.36. The molecule has 2 aromatic carbocycles. The van der Waals surface area contributed by atoms with Crippen LogP contribution >= 0.6 is 23.8 Å². The number of piperidine rings is 1. The second-order valence-corrected chi connectivity index (χ2v) is 8.99. The van der Waals surface area contributed by atoms with E-state index in [1.165, 1.54) is 12.1 Å². The van der Waals surface area contributed by atoms with Crippen LogP contribution in [0.5, 0.6) is 0 Å². The van der Waals surface area contributed by atoms with Gasteiger partial charge in [0.1, 0.15) is 5.82 Å². The van der Waals surface area contributed by atoms with E-state index in [9.17, 15) is 4.39 Å². The molecule has 4 aromatic rings. The minimum atomic E-state index is -0.294. The van der Waals surface area contributed by atoms with Gasteiger partial charge in [-0.25, -0.2) is 9.07 Å². The summed E-state index contributed by atoms with van der Waals surface area (Å²) in [6, 6.07) is 13.7. The molecule has 1 saturated heterocycles. The van der Waals surface area contributed by atoms with Crippen molar-refractivity contribution in [3.8, 4) is 22.8 Å². The topological polar surface area (TPSA) is 64.9 Å². The van der Waals surface area contributed by atoms with Gasteiger partial charge in [0.2, 0.25) is 11.7 Å². The fraction of sp³-hybridized carbons (Fsp3) is 0.304. The highest BCUT2D eigenvalue weighted by Crippen LogP contribution is 2.28. The maximum absolute atomic E-state index is 13.2. The molecule has 2 aromatic heterocycles. The monoisotopic (exact) mass is 484 g/mol. The quantitative estimate of drug-likeness (QED) is 0.358. The van der Waals surface area contributed by atoms with Crippen LogP contribution in [-0.2, 0) is 13.7 Å². The molecule has 1 fully saturated rings. The van der Waals surface area contributed by atoms with Gasteiger partial charge in [-0.3, -0.25) is 4.90 Å². The molecule has 0 bridgehead atoms. The molecule has 1 unspecified atom stereocenters. The van der Waals surface area contributed by atoms with Crippen molar-refractivity contribution in [2.75, 3.05) is 13.1 Å². The number of hydrogen-bond donors (Lipinski definition) is 0. The Labute approximate surface area is 200 Å². The molecule has 7 nitrogen and oxygen atoms in total. The van der Waals surface area contributed by atoms with Crippen molar-refractivity contribution in [3.63, 3.8) is 0 Å². The number of rotatable bonds is 5. The number of benzene rings is 2. The van der Waals surface area contributed by atoms with E-state index in [1.807, 2.05) is 40.6 Å². The Morgan fingerprint density at radius 2 is 1.85 bits per heavy atom. The Morgan fingerprint density at radius 1 is 1.12 bits per heavy atom. The number of nitrogens with zero attached hydrogens (tertiary/aromatic N) is 6. The van der Waals surface area contributed by atoms with Crippen LogP contribution < -0.4 is 0 Å². The van der Waals surface area contributed by atoms with E-state index >= 15 is 0 Å². The smallest absolute Gasteiger partial charge is 0.231 e. The highest BCUT2D eigenvalue weighted by molar-refractivity contribution is 7.71. The van der Waals surface area contributed by atoms with Gasteiger partial charge in [0.05, 0.1) is 12.6 Å². The summed E-state index contributed by atoms with van der Waals surface area (Å²) < 4.78 is 23.2. The van der Waals surface area contributed by atoms with E-state index in [1.54, 1.807) is 12.1 Å². The average molecular weight is 485 g/mol. The summed E-state index contributed by atoms with van der Waals surface area (Å²) in [7, 11) is 1.92. The summed E-state index contributed by atoms with van der Waals surface area (Å²) in [5.74, 6) is 1.70. The van der Waals surface area contributed by atoms with Crippen LogP contribution in [0.25, 0.3) is 22.8 Å². The highest BCUT2D eigenvalue weighted by Gasteiger charge is 2.27. The van der Waals surface area contributed by atoms with Crippen LogP contribution in [0, 0.1) is 10.6 Å². The van der Waals surface area contributed by atoms with Crippen LogP contribution in [0.1, 0.15) is 24.7 Å². The summed E-state index contributed by atoms with van der Waals surface area (Å²) in [5.41, 5.74) is 1.69. The van der Waals surface area contributed by atoms with Gasteiger partial charge in [0.25, 0.3) is 0 Å². The SMILES string of the molecule is Cn1c(-c2ccc(Cl)cc2)nn(CN2CCCC(c3nc(-c4ccc(F)cc4)no3)C2)c1=S. The molecule has 0 aliphatic carbocycles. The van der Waals surface area contributed by atoms with E-state index in [0.29, 0.717) is 28.2 Å². The minimum Gasteiger partial charge on any atom is -0.339 e. The Morgan fingerprint density at radius 3 is 2.61 bits per heavy atom. The lowest BCUT2D eigenvalue weighted by Gasteiger charge is -2.30. The number of hydrogen-bond acceptors (Lipinski definition) is 6. The molecule has 170 valence electrons. The summed E-state index contributed by atoms with van der Waals surface area (Å²) in [6.07, 6.45) is 1.97. The normalized spacial score (nSPS) is 16.9. The fourth-order valence-electron chi connectivity index (χ4n) is 4.12. The zero-order chi connectivity index (χ0) is 22.9. The van der Waals surface area contributed by atoms with Crippen LogP contribution in [0.15, 0.2) is 53.1 Å². The van der Waals surface area contributed by atoms with Crippen molar-refractivity contribution >= 4 is 23.8 Å². The van der Waals surface area contributed by atoms with Gasteiger partial charge in [0.15, 0.2) is 10.6 Å². The number of likely N-dealkylation sites (tertiary alicyclic amines) is 1. The van der Waals surface area contributed by atoms with E-state index in [4.69, 9.17) is 33.4 Å². The maximum Gasteiger partial charge on any atom is 0.231 e. The first-order valence-corrected chi connectivity index (χ1v) is 11.5. The lowest BCUT2D eigenvalue weighted by molar-refractivity contribution is 0.143. The lowest BCUT2D eigenvalue weighted by atomic mass is 9.98. The standard InChI is InChI=1S/C23H22ClFN6OS/c1-29-21(16-4-8-18(24)9-5-16)27-31(23(29)33)14-30-12-2-3-17(13-30)22-26-20(28-32-22)15-6-10-19(25)11-7-15/h4-11,17H,2-3,12-14H2,1H3. The molecule has 0 N–H and O–H groups in total. The van der Waals surface area contributed by atoms with Crippen molar-refractivity contribution in [1.29, 1.82) is 0 Å². The first-order chi connectivity index (χ1) is 16.0. The summed E-state index contributed by atoms with van der Waals surface area (Å²) >= 11 is 11.7. The molecule has 1 aliphatic heterocycles. The zero-order valence-electron chi connectivity index (χ0n) is 18.0. The number of aromatic nitrogens is 5. The molecule has 3 heterocycles. The molecular weight excluding hydrogens is 463 g/mol. The third kappa shape index (κ3) is 4.62. The van der Waals surface area contributed by atoms with Gasteiger partial charge in [-0.15, -0.1) is 0 Å². The van der Waals surface area contributed by atoms with Gasteiger partial charge in [-0.05, 0) is 80.1 Å². The fourth-order valence-corrected chi connectivity index (χ4v) is 4.43. The third-order valence-electron chi connectivity index (χ3n) is 5.88. The molecule has 0 amide bonds. The minimum absolute atomic E-state index is 0.120. The van der Waals surface area contributed by atoms with Crippen molar-refractivity contribution in [2.24, 2.45) is 7.05 Å². The predicted octanol–water partition coefficient (Wildman–Crippen LogP) is 5.30. The van der Waals surface area contributed by atoms with Crippen molar-refractivity contribution in [3.05, 3.63) is 70.0 Å². The highest BCUT2D eigenvalue weighted by atomic mass is 35.5. The maximum atomic E-state index is 13.2. The largest absolute Gasteiger partial charge is 0.339 e. The Kier molecular flexibility index (Phi) is 6.09. The van der Waals surface area contributed by atoms with Crippen LogP contribution in [0.4, 0.5) is 4.39 Å². The molecular formula is C23H22ClFN6OS. The molecule has 10 heteroatoms. The average Bonchev–Trinajstić information content (AvgIpc) is 3.42. The van der Waals surface area contributed by atoms with Crippen molar-refractivity contribution < 1.29 is 8.91 Å². The van der Waals surface area contributed by atoms with Gasteiger partial charge >= 0.3 is 0 Å². The van der Waals surface area contributed by atoms with Crippen LogP contribution in [0.2, 0.25) is 5.02 Å². The van der Waals surface area contributed by atoms with E-state index in [-0.39, 0.29) is 11.7 Å². The molecule has 0 spiro atoms. The first kappa shape index (κ1) is 21.9. The predicted molar refractivity (Wildman–Crippen MR) is 126 cm³/mol. The Balaban J connectivity index is 1.31. The molecule has 5 rings (SSSR count). The third-order valence-corrected chi connectivity index (χ3v) is 6.61. The first-order valence-electron chi connectivity index (χ1n) is 10.7. The van der Waals surface area contributed by atoms with Gasteiger partial charge in [-0.2, -0.15) is 10.1 Å². The van der Waals surface area contributed by atoms with Crippen LogP contribution in [-0.4, -0.2) is 42.5 Å². The van der Waals surface area contributed by atoms with Crippen molar-refractivity contribution in [1.82, 2.24) is 29.4 Å². The molecule has 0 saturated carbocycles. The van der Waals surface area contributed by atoms with Crippen LogP contribution in [0.3, 0.4) is 0 Å². The Hall–Kier alpha value is -2.88. The van der Waals surface area contributed by atoms with E-state index < -0.39 is 0 Å². The van der Waals surface area contributed by atoms with E-state index in [2.05, 4.69) is 15.0 Å². The summed E-state index contributed by atoms with van der Waals surface area (Å²) in [5, 5.41) is 9.54.